The predicted octanol–water partition coefficient (Wildman–Crippen LogP) is 2.50. The SMILES string of the molecule is O=C(O)CC(NC(=O)OCC1c2ccccc2-c2ccccc21)C(=O)NC(CO)CC(F)F. The molecule has 0 saturated heterocycles. The van der Waals surface area contributed by atoms with E-state index in [0.717, 1.165) is 22.3 Å². The fourth-order valence-corrected chi connectivity index (χ4v) is 3.86. The van der Waals surface area contributed by atoms with E-state index in [9.17, 15) is 23.2 Å². The number of rotatable bonds is 10. The number of benzene rings is 2. The smallest absolute Gasteiger partial charge is 0.407 e. The van der Waals surface area contributed by atoms with Crippen LogP contribution in [0.15, 0.2) is 48.5 Å². The van der Waals surface area contributed by atoms with E-state index in [4.69, 9.17) is 14.9 Å². The van der Waals surface area contributed by atoms with Gasteiger partial charge in [-0.05, 0) is 22.3 Å². The number of carbonyl (C=O) groups is 3. The highest BCUT2D eigenvalue weighted by Gasteiger charge is 2.31. The number of carbonyl (C=O) groups excluding carboxylic acids is 2. The number of aliphatic hydroxyl groups is 1. The van der Waals surface area contributed by atoms with Gasteiger partial charge in [0.2, 0.25) is 12.3 Å². The van der Waals surface area contributed by atoms with Gasteiger partial charge in [0.15, 0.2) is 0 Å². The Morgan fingerprint density at radius 1 is 0.970 bits per heavy atom. The van der Waals surface area contributed by atoms with Crippen molar-refractivity contribution in [3.8, 4) is 11.1 Å². The van der Waals surface area contributed by atoms with E-state index in [-0.39, 0.29) is 12.5 Å². The number of amides is 2. The third-order valence-corrected chi connectivity index (χ3v) is 5.36. The molecular formula is C23H24F2N2O6. The molecule has 176 valence electrons. The Morgan fingerprint density at radius 3 is 2.06 bits per heavy atom. The number of alkyl halides is 2. The lowest BCUT2D eigenvalue weighted by atomic mass is 9.98. The van der Waals surface area contributed by atoms with E-state index in [1.165, 1.54) is 0 Å². The second-order valence-electron chi connectivity index (χ2n) is 7.64. The molecule has 0 spiro atoms. The molecule has 0 radical (unpaired) electrons. The number of hydrogen-bond acceptors (Lipinski definition) is 5. The van der Waals surface area contributed by atoms with E-state index in [1.54, 1.807) is 0 Å². The van der Waals surface area contributed by atoms with Crippen molar-refractivity contribution in [2.75, 3.05) is 13.2 Å². The van der Waals surface area contributed by atoms with Crippen molar-refractivity contribution >= 4 is 18.0 Å². The summed E-state index contributed by atoms with van der Waals surface area (Å²) in [5.74, 6) is -2.63. The number of ether oxygens (including phenoxy) is 1. The summed E-state index contributed by atoms with van der Waals surface area (Å²) in [7, 11) is 0. The molecule has 3 rings (SSSR count). The van der Waals surface area contributed by atoms with Gasteiger partial charge >= 0.3 is 12.1 Å². The monoisotopic (exact) mass is 462 g/mol. The maximum atomic E-state index is 12.6. The van der Waals surface area contributed by atoms with E-state index >= 15 is 0 Å². The zero-order valence-electron chi connectivity index (χ0n) is 17.5. The molecule has 2 atom stereocenters. The van der Waals surface area contributed by atoms with Crippen LogP contribution in [0.2, 0.25) is 0 Å². The minimum Gasteiger partial charge on any atom is -0.481 e. The van der Waals surface area contributed by atoms with Gasteiger partial charge in [-0.25, -0.2) is 13.6 Å². The number of hydrogen-bond donors (Lipinski definition) is 4. The molecule has 2 unspecified atom stereocenters. The fraction of sp³-hybridized carbons (Fsp3) is 0.348. The minimum atomic E-state index is -2.78. The number of aliphatic hydroxyl groups excluding tert-OH is 1. The average molecular weight is 462 g/mol. The Balaban J connectivity index is 1.65. The highest BCUT2D eigenvalue weighted by atomic mass is 19.3. The van der Waals surface area contributed by atoms with Crippen molar-refractivity contribution in [2.24, 2.45) is 0 Å². The van der Waals surface area contributed by atoms with Crippen molar-refractivity contribution in [1.82, 2.24) is 10.6 Å². The summed E-state index contributed by atoms with van der Waals surface area (Å²) in [6.45, 7) is -0.813. The van der Waals surface area contributed by atoms with Crippen molar-refractivity contribution in [1.29, 1.82) is 0 Å². The third-order valence-electron chi connectivity index (χ3n) is 5.36. The average Bonchev–Trinajstić information content (AvgIpc) is 3.10. The van der Waals surface area contributed by atoms with E-state index in [2.05, 4.69) is 10.6 Å². The molecule has 10 heteroatoms. The van der Waals surface area contributed by atoms with Gasteiger partial charge in [-0.1, -0.05) is 48.5 Å². The lowest BCUT2D eigenvalue weighted by molar-refractivity contribution is -0.140. The molecule has 1 aliphatic carbocycles. The highest BCUT2D eigenvalue weighted by molar-refractivity contribution is 5.89. The topological polar surface area (TPSA) is 125 Å². The van der Waals surface area contributed by atoms with Crippen LogP contribution in [0.4, 0.5) is 13.6 Å². The zero-order valence-corrected chi connectivity index (χ0v) is 17.5. The number of nitrogens with one attached hydrogen (secondary N) is 2. The highest BCUT2D eigenvalue weighted by Crippen LogP contribution is 2.44. The van der Waals surface area contributed by atoms with Crippen LogP contribution in [-0.4, -0.2) is 59.9 Å². The largest absolute Gasteiger partial charge is 0.481 e. The first-order chi connectivity index (χ1) is 15.8. The maximum absolute atomic E-state index is 12.6. The normalized spacial score (nSPS) is 14.2. The van der Waals surface area contributed by atoms with Crippen molar-refractivity contribution in [2.45, 2.75) is 37.3 Å². The Labute approximate surface area is 188 Å². The molecule has 0 heterocycles. The molecule has 0 fully saturated rings. The van der Waals surface area contributed by atoms with Crippen molar-refractivity contribution < 1.29 is 38.1 Å². The molecular weight excluding hydrogens is 438 g/mol. The van der Waals surface area contributed by atoms with Crippen LogP contribution in [0.5, 0.6) is 0 Å². The van der Waals surface area contributed by atoms with Crippen LogP contribution in [0.3, 0.4) is 0 Å². The van der Waals surface area contributed by atoms with Crippen LogP contribution in [0, 0.1) is 0 Å². The van der Waals surface area contributed by atoms with E-state index < -0.39 is 55.9 Å². The summed E-state index contributed by atoms with van der Waals surface area (Å²) in [6.07, 6.45) is -5.40. The summed E-state index contributed by atoms with van der Waals surface area (Å²) in [4.78, 5) is 35.9. The second-order valence-corrected chi connectivity index (χ2v) is 7.64. The van der Waals surface area contributed by atoms with Gasteiger partial charge in [-0.15, -0.1) is 0 Å². The summed E-state index contributed by atoms with van der Waals surface area (Å²) in [5.41, 5.74) is 4.01. The quantitative estimate of drug-likeness (QED) is 0.430. The van der Waals surface area contributed by atoms with Crippen LogP contribution in [0.1, 0.15) is 29.9 Å². The van der Waals surface area contributed by atoms with Gasteiger partial charge in [0.25, 0.3) is 0 Å². The molecule has 0 aliphatic heterocycles. The zero-order chi connectivity index (χ0) is 24.0. The molecule has 1 aliphatic rings. The minimum absolute atomic E-state index is 0.0497. The standard InChI is InChI=1S/C23H24F2N2O6/c24-20(25)9-13(11-28)26-22(31)19(10-21(29)30)27-23(32)33-12-18-16-7-3-1-5-14(16)15-6-2-4-8-17(15)18/h1-8,13,18-20,28H,9-12H2,(H,26,31)(H,27,32)(H,29,30). The number of halogens is 2. The number of aliphatic carboxylic acids is 1. The molecule has 0 saturated carbocycles. The molecule has 4 N–H and O–H groups in total. The van der Waals surface area contributed by atoms with Crippen LogP contribution in [0.25, 0.3) is 11.1 Å². The molecule has 2 aromatic rings. The number of carboxylic acid groups (broad SMARTS) is 1. The number of alkyl carbamates (subject to hydrolysis) is 1. The Morgan fingerprint density at radius 2 is 1.55 bits per heavy atom. The Hall–Kier alpha value is -3.53. The van der Waals surface area contributed by atoms with Crippen LogP contribution in [-0.2, 0) is 14.3 Å². The second kappa shape index (κ2) is 10.9. The lowest BCUT2D eigenvalue weighted by Gasteiger charge is -2.21. The maximum Gasteiger partial charge on any atom is 0.407 e. The lowest BCUT2D eigenvalue weighted by Crippen LogP contribution is -2.51. The first-order valence-corrected chi connectivity index (χ1v) is 10.3. The summed E-state index contributed by atoms with van der Waals surface area (Å²) in [5, 5.41) is 22.5. The molecule has 2 amide bonds. The van der Waals surface area contributed by atoms with E-state index in [1.807, 2.05) is 48.5 Å². The number of fused-ring (bicyclic) bond motifs is 3. The molecule has 0 aromatic heterocycles. The fourth-order valence-electron chi connectivity index (χ4n) is 3.86. The first kappa shape index (κ1) is 24.1. The van der Waals surface area contributed by atoms with Gasteiger partial charge in [-0.3, -0.25) is 9.59 Å². The van der Waals surface area contributed by atoms with Crippen LogP contribution < -0.4 is 10.6 Å². The van der Waals surface area contributed by atoms with Gasteiger partial charge in [0.05, 0.1) is 19.1 Å². The van der Waals surface area contributed by atoms with Gasteiger partial charge in [-0.2, -0.15) is 0 Å². The third kappa shape index (κ3) is 6.04. The van der Waals surface area contributed by atoms with Crippen molar-refractivity contribution in [3.05, 3.63) is 59.7 Å². The first-order valence-electron chi connectivity index (χ1n) is 10.3. The van der Waals surface area contributed by atoms with Gasteiger partial charge in [0.1, 0.15) is 12.6 Å². The van der Waals surface area contributed by atoms with E-state index in [0.29, 0.717) is 0 Å². The molecule has 2 aromatic carbocycles. The predicted molar refractivity (Wildman–Crippen MR) is 114 cm³/mol. The van der Waals surface area contributed by atoms with Crippen LogP contribution >= 0.6 is 0 Å². The molecule has 0 bridgehead atoms. The Bertz CT molecular complexity index is 970. The van der Waals surface area contributed by atoms with Gasteiger partial charge in [0, 0.05) is 12.3 Å². The molecule has 8 nitrogen and oxygen atoms in total. The summed E-state index contributed by atoms with van der Waals surface area (Å²) < 4.78 is 30.4. The number of carboxylic acids is 1. The molecule has 33 heavy (non-hydrogen) atoms. The Kier molecular flexibility index (Phi) is 7.94. The summed E-state index contributed by atoms with van der Waals surface area (Å²) >= 11 is 0. The van der Waals surface area contributed by atoms with Gasteiger partial charge < -0.3 is 25.6 Å². The summed E-state index contributed by atoms with van der Waals surface area (Å²) in [6, 6.07) is 12.5. The van der Waals surface area contributed by atoms with Crippen molar-refractivity contribution in [3.63, 3.8) is 0 Å².